The van der Waals surface area contributed by atoms with E-state index in [0.717, 1.165) is 48.2 Å². The van der Waals surface area contributed by atoms with Crippen molar-refractivity contribution in [2.75, 3.05) is 58.8 Å². The number of rotatable bonds is 6. The minimum Gasteiger partial charge on any atom is -0.467 e. The molecule has 14 heteroatoms. The molecule has 3 atom stereocenters. The standard InChI is InChI=1S/C27H32F2N6O4.C7H12FN/c1-34(2)24(36)21(30)11-17-14-35(10-4-9-31-17)23-19-15-38-27(13-22(19)32-26(33-23)37-3)8-7-16-5-6-18(12-20(16)27)39-25(28)29;8-6-4-7-2-1-3-9(7)5-6/h5-6,11-12,25H,4,7-10,13-15,30H2,1-3H3;6-7H,1-5H2/b21-11-;. The molecule has 2 saturated heterocycles. The van der Waals surface area contributed by atoms with Gasteiger partial charge in [-0.25, -0.2) is 4.39 Å². The van der Waals surface area contributed by atoms with Gasteiger partial charge in [-0.2, -0.15) is 18.7 Å². The minimum absolute atomic E-state index is 0.108. The quantitative estimate of drug-likeness (QED) is 0.458. The number of likely N-dealkylation sites (N-methyl/N-ethyl adjacent to an activating group) is 1. The summed E-state index contributed by atoms with van der Waals surface area (Å²) in [5.41, 5.74) is 9.66. The smallest absolute Gasteiger partial charge is 0.387 e. The van der Waals surface area contributed by atoms with E-state index < -0.39 is 18.4 Å². The van der Waals surface area contributed by atoms with Crippen LogP contribution in [0.4, 0.5) is 19.0 Å². The first-order valence-electron chi connectivity index (χ1n) is 16.6. The van der Waals surface area contributed by atoms with Gasteiger partial charge in [0.05, 0.1) is 43.0 Å². The van der Waals surface area contributed by atoms with E-state index in [2.05, 4.69) is 29.5 Å². The van der Waals surface area contributed by atoms with Gasteiger partial charge in [0.25, 0.3) is 5.91 Å². The van der Waals surface area contributed by atoms with Crippen LogP contribution >= 0.6 is 0 Å². The zero-order chi connectivity index (χ0) is 34.0. The Labute approximate surface area is 278 Å². The molecule has 1 aromatic heterocycles. The van der Waals surface area contributed by atoms with Crippen LogP contribution in [0.25, 0.3) is 0 Å². The Bertz CT molecular complexity index is 1560. The summed E-state index contributed by atoms with van der Waals surface area (Å²) < 4.78 is 55.0. The Morgan fingerprint density at radius 2 is 2.06 bits per heavy atom. The topological polar surface area (TPSA) is 119 Å². The molecule has 2 aromatic rings. The fraction of sp³-hybridized carbons (Fsp3) is 0.588. The van der Waals surface area contributed by atoms with Gasteiger partial charge in [0, 0.05) is 51.8 Å². The zero-order valence-electron chi connectivity index (χ0n) is 27.8. The number of nitrogens with two attached hydrogens (primary N) is 1. The number of nitrogens with zero attached hydrogens (tertiary/aromatic N) is 6. The molecule has 0 saturated carbocycles. The summed E-state index contributed by atoms with van der Waals surface area (Å²) in [6.07, 6.45) is 7.12. The van der Waals surface area contributed by atoms with Crippen LogP contribution < -0.4 is 20.1 Å². The SMILES string of the molecule is COc1nc2c(c(N3CCCN=C(/C=C(\N)C(=O)N(C)C)C3)n1)COC1(CCc3ccc(OC(F)F)cc31)C2.FC1CC2CCCN2C1. The number of hydrogen-bond acceptors (Lipinski definition) is 10. The zero-order valence-corrected chi connectivity index (χ0v) is 27.8. The van der Waals surface area contributed by atoms with E-state index in [4.69, 9.17) is 15.2 Å². The molecule has 4 aliphatic heterocycles. The number of halogens is 3. The number of alkyl halides is 3. The van der Waals surface area contributed by atoms with Crippen molar-refractivity contribution in [2.45, 2.75) is 76.0 Å². The van der Waals surface area contributed by atoms with Crippen molar-refractivity contribution in [3.63, 3.8) is 0 Å². The number of hydrogen-bond donors (Lipinski definition) is 1. The first kappa shape index (κ1) is 34.0. The molecule has 3 unspecified atom stereocenters. The maximum Gasteiger partial charge on any atom is 0.387 e. The summed E-state index contributed by atoms with van der Waals surface area (Å²) >= 11 is 0. The Morgan fingerprint density at radius 3 is 2.81 bits per heavy atom. The van der Waals surface area contributed by atoms with E-state index in [9.17, 15) is 18.0 Å². The van der Waals surface area contributed by atoms with Gasteiger partial charge < -0.3 is 29.7 Å². The summed E-state index contributed by atoms with van der Waals surface area (Å²) in [5, 5.41) is 0. The van der Waals surface area contributed by atoms with Crippen LogP contribution in [0, 0.1) is 0 Å². The number of aliphatic imine (C=N–C) groups is 1. The van der Waals surface area contributed by atoms with Gasteiger partial charge in [-0.05, 0) is 74.4 Å². The van der Waals surface area contributed by atoms with Crippen molar-refractivity contribution >= 4 is 17.4 Å². The molecular weight excluding hydrogens is 627 g/mol. The highest BCUT2D eigenvalue weighted by Crippen LogP contribution is 2.48. The van der Waals surface area contributed by atoms with E-state index in [1.165, 1.54) is 24.9 Å². The van der Waals surface area contributed by atoms with Crippen molar-refractivity contribution in [1.29, 1.82) is 0 Å². The van der Waals surface area contributed by atoms with Crippen molar-refractivity contribution in [3.8, 4) is 11.8 Å². The highest BCUT2D eigenvalue weighted by molar-refractivity contribution is 6.05. The normalized spacial score (nSPS) is 25.1. The monoisotopic (exact) mass is 671 g/mol. The lowest BCUT2D eigenvalue weighted by Crippen LogP contribution is -2.37. The third-order valence-corrected chi connectivity index (χ3v) is 9.76. The van der Waals surface area contributed by atoms with Crippen molar-refractivity contribution in [2.24, 2.45) is 10.7 Å². The predicted molar refractivity (Wildman–Crippen MR) is 174 cm³/mol. The van der Waals surface area contributed by atoms with Crippen LogP contribution in [-0.4, -0.2) is 104 Å². The molecule has 5 heterocycles. The molecule has 48 heavy (non-hydrogen) atoms. The molecule has 1 aromatic carbocycles. The second-order valence-corrected chi connectivity index (χ2v) is 13.2. The molecule has 0 bridgehead atoms. The number of benzene rings is 1. The number of anilines is 1. The average molecular weight is 672 g/mol. The lowest BCUT2D eigenvalue weighted by atomic mass is 9.86. The van der Waals surface area contributed by atoms with E-state index >= 15 is 0 Å². The van der Waals surface area contributed by atoms with Crippen LogP contribution in [0.5, 0.6) is 11.8 Å². The fourth-order valence-corrected chi connectivity index (χ4v) is 7.46. The minimum atomic E-state index is -2.90. The molecule has 1 amide bonds. The first-order valence-corrected chi connectivity index (χ1v) is 16.6. The fourth-order valence-electron chi connectivity index (χ4n) is 7.46. The van der Waals surface area contributed by atoms with Crippen LogP contribution in [0.2, 0.25) is 0 Å². The molecule has 11 nitrogen and oxygen atoms in total. The second kappa shape index (κ2) is 14.3. The molecular formula is C34H44F3N7O4. The molecule has 2 fully saturated rings. The summed E-state index contributed by atoms with van der Waals surface area (Å²) in [7, 11) is 4.81. The number of aromatic nitrogens is 2. The molecule has 7 rings (SSSR count). The van der Waals surface area contributed by atoms with Crippen LogP contribution in [0.15, 0.2) is 35.0 Å². The number of aryl methyl sites for hydroxylation is 1. The van der Waals surface area contributed by atoms with Gasteiger partial charge in [-0.3, -0.25) is 14.7 Å². The number of ether oxygens (including phenoxy) is 3. The number of carbonyl (C=O) groups excluding carboxylic acids is 1. The predicted octanol–water partition coefficient (Wildman–Crippen LogP) is 3.78. The molecule has 1 spiro atoms. The van der Waals surface area contributed by atoms with Crippen molar-refractivity contribution < 1.29 is 32.2 Å². The van der Waals surface area contributed by atoms with Crippen LogP contribution in [0.1, 0.15) is 54.5 Å². The van der Waals surface area contributed by atoms with Crippen molar-refractivity contribution in [3.05, 3.63) is 52.4 Å². The van der Waals surface area contributed by atoms with Crippen LogP contribution in [-0.2, 0) is 34.6 Å². The Hall–Kier alpha value is -3.91. The van der Waals surface area contributed by atoms with E-state index in [1.807, 2.05) is 6.07 Å². The number of methoxy groups -OCH3 is 1. The van der Waals surface area contributed by atoms with Gasteiger partial charge in [-0.15, -0.1) is 0 Å². The van der Waals surface area contributed by atoms with E-state index in [0.29, 0.717) is 56.6 Å². The number of amides is 1. The molecule has 1 aliphatic carbocycles. The van der Waals surface area contributed by atoms with Gasteiger partial charge in [0.15, 0.2) is 0 Å². The largest absolute Gasteiger partial charge is 0.467 e. The van der Waals surface area contributed by atoms with Crippen LogP contribution in [0.3, 0.4) is 0 Å². The summed E-state index contributed by atoms with van der Waals surface area (Å²) in [4.78, 5) is 32.0. The highest BCUT2D eigenvalue weighted by atomic mass is 19.3. The Kier molecular flexibility index (Phi) is 10.1. The summed E-state index contributed by atoms with van der Waals surface area (Å²) in [5.74, 6) is 0.504. The third kappa shape index (κ3) is 7.24. The average Bonchev–Trinajstić information content (AvgIpc) is 3.68. The summed E-state index contributed by atoms with van der Waals surface area (Å²) in [6, 6.07) is 5.89. The maximum atomic E-state index is 12.9. The van der Waals surface area contributed by atoms with Gasteiger partial charge >= 0.3 is 12.6 Å². The second-order valence-electron chi connectivity index (χ2n) is 13.2. The molecule has 5 aliphatic rings. The maximum absolute atomic E-state index is 12.9. The highest BCUT2D eigenvalue weighted by Gasteiger charge is 2.45. The molecule has 2 N–H and O–H groups in total. The van der Waals surface area contributed by atoms with Crippen molar-refractivity contribution in [1.82, 2.24) is 19.8 Å². The van der Waals surface area contributed by atoms with E-state index in [-0.39, 0.29) is 30.0 Å². The number of carbonyl (C=O) groups is 1. The van der Waals surface area contributed by atoms with Gasteiger partial charge in [0.2, 0.25) is 0 Å². The number of fused-ring (bicyclic) bond motifs is 4. The lowest BCUT2D eigenvalue weighted by molar-refractivity contribution is -0.124. The third-order valence-electron chi connectivity index (χ3n) is 9.76. The Morgan fingerprint density at radius 1 is 1.23 bits per heavy atom. The Balaban J connectivity index is 0.000000381. The van der Waals surface area contributed by atoms with Gasteiger partial charge in [-0.1, -0.05) is 6.07 Å². The lowest BCUT2D eigenvalue weighted by Gasteiger charge is -2.37. The van der Waals surface area contributed by atoms with E-state index in [1.54, 1.807) is 32.3 Å². The molecule has 260 valence electrons. The molecule has 0 radical (unpaired) electrons. The first-order chi connectivity index (χ1) is 23.0. The van der Waals surface area contributed by atoms with Gasteiger partial charge in [0.1, 0.15) is 17.7 Å². The summed E-state index contributed by atoms with van der Waals surface area (Å²) in [6.45, 7) is 0.869.